The van der Waals surface area contributed by atoms with Gasteiger partial charge >= 0.3 is 0 Å². The van der Waals surface area contributed by atoms with E-state index in [4.69, 9.17) is 0 Å². The third kappa shape index (κ3) is 2.94. The van der Waals surface area contributed by atoms with Crippen LogP contribution < -0.4 is 9.62 Å². The first kappa shape index (κ1) is 16.7. The predicted octanol–water partition coefficient (Wildman–Crippen LogP) is 3.40. The summed E-state index contributed by atoms with van der Waals surface area (Å²) in [7, 11) is -3.69. The van der Waals surface area contributed by atoms with Crippen LogP contribution in [0.4, 0.5) is 17.1 Å². The van der Waals surface area contributed by atoms with Crippen LogP contribution in [0.3, 0.4) is 0 Å². The van der Waals surface area contributed by atoms with Crippen molar-refractivity contribution in [2.75, 3.05) is 16.2 Å². The number of fused-ring (bicyclic) bond motifs is 1. The zero-order chi connectivity index (χ0) is 18.1. The summed E-state index contributed by atoms with van der Waals surface area (Å²) in [4.78, 5) is 2.32. The standard InChI is InChI=1S/C19H20N4O2S/c1-2-22-14-16(13-20-22)26(24,25)21-17-8-4-6-10-19(17)23-12-11-15-7-3-5-9-18(15)23/h3-10,13-14,21H,2,11-12H2,1H3. The van der Waals surface area contributed by atoms with Crippen molar-refractivity contribution in [2.24, 2.45) is 0 Å². The molecule has 0 saturated carbocycles. The molecule has 0 unspecified atom stereocenters. The van der Waals surface area contributed by atoms with Gasteiger partial charge in [0.15, 0.2) is 0 Å². The number of nitrogens with zero attached hydrogens (tertiary/aromatic N) is 3. The fourth-order valence-corrected chi connectivity index (χ4v) is 4.27. The van der Waals surface area contributed by atoms with E-state index in [0.29, 0.717) is 12.2 Å². The number of aryl methyl sites for hydroxylation is 1. The summed E-state index contributed by atoms with van der Waals surface area (Å²) in [6, 6.07) is 15.7. The van der Waals surface area contributed by atoms with Crippen LogP contribution in [0.15, 0.2) is 65.8 Å². The van der Waals surface area contributed by atoms with Crippen molar-refractivity contribution in [1.29, 1.82) is 0 Å². The second-order valence-electron chi connectivity index (χ2n) is 6.18. The number of hydrogen-bond acceptors (Lipinski definition) is 4. The van der Waals surface area contributed by atoms with E-state index in [1.807, 2.05) is 37.3 Å². The van der Waals surface area contributed by atoms with Gasteiger partial charge in [-0.2, -0.15) is 5.10 Å². The van der Waals surface area contributed by atoms with E-state index in [1.165, 1.54) is 18.0 Å². The van der Waals surface area contributed by atoms with Crippen molar-refractivity contribution in [1.82, 2.24) is 9.78 Å². The molecule has 26 heavy (non-hydrogen) atoms. The maximum atomic E-state index is 12.8. The first-order valence-corrected chi connectivity index (χ1v) is 10.1. The Morgan fingerprint density at radius 3 is 2.58 bits per heavy atom. The number of anilines is 3. The minimum atomic E-state index is -3.69. The third-order valence-electron chi connectivity index (χ3n) is 4.57. The SMILES string of the molecule is CCn1cc(S(=O)(=O)Nc2ccccc2N2CCc3ccccc32)cn1. The Morgan fingerprint density at radius 2 is 1.81 bits per heavy atom. The van der Waals surface area contributed by atoms with E-state index in [9.17, 15) is 8.42 Å². The van der Waals surface area contributed by atoms with Gasteiger partial charge < -0.3 is 4.90 Å². The van der Waals surface area contributed by atoms with Gasteiger partial charge in [-0.15, -0.1) is 0 Å². The summed E-state index contributed by atoms with van der Waals surface area (Å²) < 4.78 is 29.8. The molecule has 7 heteroatoms. The molecule has 2 heterocycles. The van der Waals surface area contributed by atoms with Crippen LogP contribution in [0, 0.1) is 0 Å². The number of hydrogen-bond donors (Lipinski definition) is 1. The smallest absolute Gasteiger partial charge is 0.265 e. The fourth-order valence-electron chi connectivity index (χ4n) is 3.24. The van der Waals surface area contributed by atoms with Gasteiger partial charge in [-0.3, -0.25) is 9.40 Å². The first-order chi connectivity index (χ1) is 12.6. The van der Waals surface area contributed by atoms with Gasteiger partial charge in [-0.25, -0.2) is 8.42 Å². The van der Waals surface area contributed by atoms with Gasteiger partial charge in [0.2, 0.25) is 0 Å². The van der Waals surface area contributed by atoms with Crippen molar-refractivity contribution in [3.8, 4) is 0 Å². The highest BCUT2D eigenvalue weighted by Gasteiger charge is 2.24. The molecule has 2 aromatic carbocycles. The summed E-state index contributed by atoms with van der Waals surface area (Å²) >= 11 is 0. The monoisotopic (exact) mass is 368 g/mol. The number of nitrogens with one attached hydrogen (secondary N) is 1. The third-order valence-corrected chi connectivity index (χ3v) is 5.89. The Morgan fingerprint density at radius 1 is 1.08 bits per heavy atom. The van der Waals surface area contributed by atoms with Gasteiger partial charge in [0.1, 0.15) is 4.90 Å². The quantitative estimate of drug-likeness (QED) is 0.749. The number of para-hydroxylation sites is 3. The molecule has 0 saturated heterocycles. The lowest BCUT2D eigenvalue weighted by molar-refractivity contribution is 0.600. The van der Waals surface area contributed by atoms with Gasteiger partial charge in [0.05, 0.1) is 17.6 Å². The van der Waals surface area contributed by atoms with Gasteiger partial charge in [-0.05, 0) is 37.1 Å². The highest BCUT2D eigenvalue weighted by Crippen LogP contribution is 2.38. The van der Waals surface area contributed by atoms with E-state index in [2.05, 4.69) is 26.9 Å². The van der Waals surface area contributed by atoms with Crippen molar-refractivity contribution in [3.05, 3.63) is 66.5 Å². The Bertz CT molecular complexity index is 1040. The number of aromatic nitrogens is 2. The van der Waals surface area contributed by atoms with Gasteiger partial charge in [-0.1, -0.05) is 30.3 Å². The molecule has 1 aromatic heterocycles. The zero-order valence-electron chi connectivity index (χ0n) is 14.5. The number of rotatable bonds is 5. The van der Waals surface area contributed by atoms with Crippen LogP contribution in [0.25, 0.3) is 0 Å². The molecule has 1 N–H and O–H groups in total. The molecule has 0 atom stereocenters. The second-order valence-corrected chi connectivity index (χ2v) is 7.87. The van der Waals surface area contributed by atoms with Crippen molar-refractivity contribution < 1.29 is 8.42 Å². The normalized spacial score (nSPS) is 13.7. The van der Waals surface area contributed by atoms with Crippen LogP contribution in [-0.4, -0.2) is 24.7 Å². The molecule has 0 amide bonds. The Labute approximate surface area is 153 Å². The van der Waals surface area contributed by atoms with Crippen LogP contribution in [0.2, 0.25) is 0 Å². The molecule has 0 aliphatic carbocycles. The number of benzene rings is 2. The van der Waals surface area contributed by atoms with Gasteiger partial charge in [0, 0.05) is 25.0 Å². The van der Waals surface area contributed by atoms with Crippen LogP contribution in [-0.2, 0) is 23.0 Å². The van der Waals surface area contributed by atoms with Crippen LogP contribution in [0.1, 0.15) is 12.5 Å². The lowest BCUT2D eigenvalue weighted by Gasteiger charge is -2.23. The molecule has 0 bridgehead atoms. The highest BCUT2D eigenvalue weighted by atomic mass is 32.2. The molecular formula is C19H20N4O2S. The average Bonchev–Trinajstić information content (AvgIpc) is 3.29. The lowest BCUT2D eigenvalue weighted by atomic mass is 10.2. The van der Waals surface area contributed by atoms with Crippen LogP contribution >= 0.6 is 0 Å². The van der Waals surface area contributed by atoms with Crippen molar-refractivity contribution in [3.63, 3.8) is 0 Å². The van der Waals surface area contributed by atoms with Gasteiger partial charge in [0.25, 0.3) is 10.0 Å². The second kappa shape index (κ2) is 6.49. The molecule has 0 fully saturated rings. The summed E-state index contributed by atoms with van der Waals surface area (Å²) in [6.45, 7) is 3.36. The molecule has 1 aliphatic rings. The van der Waals surface area contributed by atoms with E-state index < -0.39 is 10.0 Å². The minimum absolute atomic E-state index is 0.163. The first-order valence-electron chi connectivity index (χ1n) is 8.58. The zero-order valence-corrected chi connectivity index (χ0v) is 15.3. The van der Waals surface area contributed by atoms with E-state index in [-0.39, 0.29) is 4.90 Å². The molecular weight excluding hydrogens is 348 g/mol. The minimum Gasteiger partial charge on any atom is -0.339 e. The van der Waals surface area contributed by atoms with E-state index >= 15 is 0 Å². The predicted molar refractivity (Wildman–Crippen MR) is 102 cm³/mol. The largest absolute Gasteiger partial charge is 0.339 e. The average molecular weight is 368 g/mol. The summed E-state index contributed by atoms with van der Waals surface area (Å²) in [6.07, 6.45) is 3.86. The molecule has 0 spiro atoms. The topological polar surface area (TPSA) is 67.2 Å². The molecule has 1 aliphatic heterocycles. The lowest BCUT2D eigenvalue weighted by Crippen LogP contribution is -2.18. The maximum absolute atomic E-state index is 12.8. The molecule has 4 rings (SSSR count). The summed E-state index contributed by atoms with van der Waals surface area (Å²) in [5.41, 5.74) is 3.81. The molecule has 6 nitrogen and oxygen atoms in total. The van der Waals surface area contributed by atoms with E-state index in [1.54, 1.807) is 10.7 Å². The van der Waals surface area contributed by atoms with Crippen LogP contribution in [0.5, 0.6) is 0 Å². The highest BCUT2D eigenvalue weighted by molar-refractivity contribution is 7.92. The molecule has 3 aromatic rings. The molecule has 0 radical (unpaired) electrons. The Hall–Kier alpha value is -2.80. The van der Waals surface area contributed by atoms with Crippen molar-refractivity contribution >= 4 is 27.1 Å². The summed E-state index contributed by atoms with van der Waals surface area (Å²) in [5, 5.41) is 4.06. The summed E-state index contributed by atoms with van der Waals surface area (Å²) in [5.74, 6) is 0. The Kier molecular flexibility index (Phi) is 4.16. The maximum Gasteiger partial charge on any atom is 0.265 e. The Balaban J connectivity index is 1.69. The number of sulfonamides is 1. The van der Waals surface area contributed by atoms with E-state index in [0.717, 1.165) is 24.3 Å². The fraction of sp³-hybridized carbons (Fsp3) is 0.211. The molecule has 134 valence electrons. The van der Waals surface area contributed by atoms with Crippen molar-refractivity contribution in [2.45, 2.75) is 24.8 Å².